The topological polar surface area (TPSA) is 69.7 Å². The molecule has 0 atom stereocenters. The Morgan fingerprint density at radius 2 is 1.29 bits per heavy atom. The molecule has 5 nitrogen and oxygen atoms in total. The highest BCUT2D eigenvalue weighted by atomic mass is 28.4. The molecule has 182 valence electrons. The van der Waals surface area contributed by atoms with Crippen molar-refractivity contribution < 1.29 is 23.5 Å². The van der Waals surface area contributed by atoms with E-state index in [1.807, 2.05) is 13.8 Å². The van der Waals surface area contributed by atoms with E-state index in [9.17, 15) is 14.4 Å². The van der Waals surface area contributed by atoms with Gasteiger partial charge in [-0.2, -0.15) is 0 Å². The zero-order chi connectivity index (χ0) is 24.6. The zero-order valence-corrected chi connectivity index (χ0v) is 23.0. The molecular weight excluding hydrogens is 408 g/mol. The van der Waals surface area contributed by atoms with Gasteiger partial charge >= 0.3 is 5.97 Å². The van der Waals surface area contributed by atoms with Gasteiger partial charge in [-0.05, 0) is 50.2 Å². The molecule has 0 radical (unpaired) electrons. The Bertz CT molecular complexity index is 578. The van der Waals surface area contributed by atoms with E-state index in [1.54, 1.807) is 20.8 Å². The molecule has 0 aromatic rings. The van der Waals surface area contributed by atoms with Crippen molar-refractivity contribution in [3.8, 4) is 0 Å². The van der Waals surface area contributed by atoms with Crippen LogP contribution >= 0.6 is 0 Å². The van der Waals surface area contributed by atoms with Gasteiger partial charge in [0.15, 0.2) is 5.78 Å². The van der Waals surface area contributed by atoms with E-state index in [1.165, 1.54) is 0 Å². The van der Waals surface area contributed by atoms with Crippen LogP contribution in [0.1, 0.15) is 102 Å². The van der Waals surface area contributed by atoms with Crippen molar-refractivity contribution in [2.24, 2.45) is 10.8 Å². The lowest BCUT2D eigenvalue weighted by Crippen LogP contribution is -2.49. The third-order valence-electron chi connectivity index (χ3n) is 6.40. The Kier molecular flexibility index (Phi) is 11.9. The third kappa shape index (κ3) is 9.17. The molecule has 0 saturated carbocycles. The highest BCUT2D eigenvalue weighted by Crippen LogP contribution is 2.42. The summed E-state index contributed by atoms with van der Waals surface area (Å²) in [6.07, 6.45) is 1.91. The first-order valence-electron chi connectivity index (χ1n) is 11.8. The standard InChI is InChI=1S/C25H48O5Si/c1-18(2)31(19(3)4,20(5)6)30-17-22(27)25(10,11)15-12-13-21(26)14-16-29-23(28)24(7,8)9/h18-20H,12-17H2,1-11H3. The number of hydrogen-bond acceptors (Lipinski definition) is 5. The van der Waals surface area contributed by atoms with E-state index in [0.29, 0.717) is 35.9 Å². The van der Waals surface area contributed by atoms with Gasteiger partial charge in [0.1, 0.15) is 5.78 Å². The molecule has 0 fully saturated rings. The van der Waals surface area contributed by atoms with E-state index in [2.05, 4.69) is 41.5 Å². The van der Waals surface area contributed by atoms with E-state index in [-0.39, 0.29) is 37.2 Å². The number of rotatable bonds is 14. The lowest BCUT2D eigenvalue weighted by Gasteiger charge is -2.42. The smallest absolute Gasteiger partial charge is 0.311 e. The summed E-state index contributed by atoms with van der Waals surface area (Å²) in [5.41, 5.74) is 0.232. The Balaban J connectivity index is 4.61. The van der Waals surface area contributed by atoms with Crippen LogP contribution < -0.4 is 0 Å². The number of ketones is 2. The molecule has 0 amide bonds. The summed E-state index contributed by atoms with van der Waals surface area (Å²) in [5, 5.41) is 0. The molecule has 0 unspecified atom stereocenters. The van der Waals surface area contributed by atoms with Gasteiger partial charge < -0.3 is 9.16 Å². The van der Waals surface area contributed by atoms with Gasteiger partial charge in [0.05, 0.1) is 18.6 Å². The molecule has 0 aliphatic carbocycles. The van der Waals surface area contributed by atoms with Crippen molar-refractivity contribution in [2.75, 3.05) is 13.2 Å². The second-order valence-electron chi connectivity index (χ2n) is 11.4. The van der Waals surface area contributed by atoms with E-state index >= 15 is 0 Å². The maximum Gasteiger partial charge on any atom is 0.311 e. The molecule has 0 saturated heterocycles. The van der Waals surface area contributed by atoms with Crippen LogP contribution in [-0.2, 0) is 23.5 Å². The molecular formula is C25H48O5Si. The van der Waals surface area contributed by atoms with Crippen molar-refractivity contribution >= 4 is 25.9 Å². The second kappa shape index (κ2) is 12.3. The first-order valence-corrected chi connectivity index (χ1v) is 14.0. The summed E-state index contributed by atoms with van der Waals surface area (Å²) in [6.45, 7) is 22.8. The summed E-state index contributed by atoms with van der Waals surface area (Å²) < 4.78 is 11.6. The molecule has 0 bridgehead atoms. The molecule has 6 heteroatoms. The number of Topliss-reactive ketones (excluding diaryl/α,β-unsaturated/α-hetero) is 2. The van der Waals surface area contributed by atoms with E-state index < -0.39 is 19.1 Å². The van der Waals surface area contributed by atoms with Gasteiger partial charge in [-0.3, -0.25) is 14.4 Å². The molecule has 0 aromatic carbocycles. The SMILES string of the molecule is CC(C)[Si](OCC(=O)C(C)(C)CCCC(=O)CCOC(=O)C(C)(C)C)(C(C)C)C(C)C. The predicted octanol–water partition coefficient (Wildman–Crippen LogP) is 6.49. The van der Waals surface area contributed by atoms with Gasteiger partial charge in [-0.1, -0.05) is 55.4 Å². The Morgan fingerprint density at radius 3 is 1.71 bits per heavy atom. The summed E-state index contributed by atoms with van der Waals surface area (Å²) in [7, 11) is -2.07. The van der Waals surface area contributed by atoms with Crippen LogP contribution in [0.2, 0.25) is 16.6 Å². The van der Waals surface area contributed by atoms with Crippen LogP contribution in [0.15, 0.2) is 0 Å². The van der Waals surface area contributed by atoms with Crippen molar-refractivity contribution in [2.45, 2.75) is 118 Å². The maximum absolute atomic E-state index is 13.0. The average molecular weight is 457 g/mol. The minimum atomic E-state index is -2.07. The highest BCUT2D eigenvalue weighted by molar-refractivity contribution is 6.77. The summed E-state index contributed by atoms with van der Waals surface area (Å²) in [5.74, 6) is -0.124. The van der Waals surface area contributed by atoms with Crippen molar-refractivity contribution in [1.82, 2.24) is 0 Å². The Morgan fingerprint density at radius 1 is 0.806 bits per heavy atom. The first kappa shape index (κ1) is 30.0. The van der Waals surface area contributed by atoms with Gasteiger partial charge in [0, 0.05) is 18.3 Å². The first-order chi connectivity index (χ1) is 14.0. The quantitative estimate of drug-likeness (QED) is 0.221. The van der Waals surface area contributed by atoms with Gasteiger partial charge in [-0.25, -0.2) is 0 Å². The number of carbonyl (C=O) groups excluding carboxylic acids is 3. The normalized spacial score (nSPS) is 13.2. The Labute approximate surface area is 192 Å². The minimum absolute atomic E-state index is 0.0621. The van der Waals surface area contributed by atoms with Crippen molar-refractivity contribution in [3.05, 3.63) is 0 Å². The van der Waals surface area contributed by atoms with Crippen LogP contribution in [0.3, 0.4) is 0 Å². The molecule has 0 aromatic heterocycles. The fraction of sp³-hybridized carbons (Fsp3) is 0.880. The van der Waals surface area contributed by atoms with Crippen molar-refractivity contribution in [3.63, 3.8) is 0 Å². The largest absolute Gasteiger partial charge is 0.465 e. The van der Waals surface area contributed by atoms with Crippen molar-refractivity contribution in [1.29, 1.82) is 0 Å². The van der Waals surface area contributed by atoms with Gasteiger partial charge in [-0.15, -0.1) is 0 Å². The van der Waals surface area contributed by atoms with Crippen LogP contribution in [0.25, 0.3) is 0 Å². The average Bonchev–Trinajstić information content (AvgIpc) is 2.59. The Hall–Kier alpha value is -1.01. The molecule has 0 spiro atoms. The fourth-order valence-electron chi connectivity index (χ4n) is 4.35. The van der Waals surface area contributed by atoms with Crippen LogP contribution in [0.5, 0.6) is 0 Å². The lowest BCUT2D eigenvalue weighted by atomic mass is 9.83. The molecule has 0 aliphatic heterocycles. The van der Waals surface area contributed by atoms with Crippen LogP contribution in [-0.4, -0.2) is 39.1 Å². The van der Waals surface area contributed by atoms with E-state index in [4.69, 9.17) is 9.16 Å². The fourth-order valence-corrected chi connectivity index (χ4v) is 9.73. The second-order valence-corrected chi connectivity index (χ2v) is 16.9. The van der Waals surface area contributed by atoms with Crippen LogP contribution in [0, 0.1) is 10.8 Å². The van der Waals surface area contributed by atoms with Crippen LogP contribution in [0.4, 0.5) is 0 Å². The molecule has 0 rings (SSSR count). The van der Waals surface area contributed by atoms with Gasteiger partial charge in [0.25, 0.3) is 0 Å². The monoisotopic (exact) mass is 456 g/mol. The number of hydrogen-bond donors (Lipinski definition) is 0. The maximum atomic E-state index is 13.0. The molecule has 0 heterocycles. The number of esters is 1. The summed E-state index contributed by atoms with van der Waals surface area (Å²) in [6, 6.07) is 0. The predicted molar refractivity (Wildman–Crippen MR) is 130 cm³/mol. The minimum Gasteiger partial charge on any atom is -0.465 e. The highest BCUT2D eigenvalue weighted by Gasteiger charge is 2.46. The third-order valence-corrected chi connectivity index (χ3v) is 12.5. The molecule has 31 heavy (non-hydrogen) atoms. The summed E-state index contributed by atoms with van der Waals surface area (Å²) >= 11 is 0. The van der Waals surface area contributed by atoms with E-state index in [0.717, 1.165) is 0 Å². The summed E-state index contributed by atoms with van der Waals surface area (Å²) in [4.78, 5) is 36.8. The number of carbonyl (C=O) groups is 3. The lowest BCUT2D eigenvalue weighted by molar-refractivity contribution is -0.153. The zero-order valence-electron chi connectivity index (χ0n) is 22.0. The molecule has 0 N–H and O–H groups in total. The molecule has 0 aliphatic rings. The van der Waals surface area contributed by atoms with Gasteiger partial charge in [0.2, 0.25) is 8.32 Å². The number of ether oxygens (including phenoxy) is 1.